The second-order valence-corrected chi connectivity index (χ2v) is 7.38. The summed E-state index contributed by atoms with van der Waals surface area (Å²) in [5.41, 5.74) is 0.497. The van der Waals surface area contributed by atoms with Crippen LogP contribution in [-0.2, 0) is 16.1 Å². The summed E-state index contributed by atoms with van der Waals surface area (Å²) in [5.74, 6) is 0.844. The predicted molar refractivity (Wildman–Crippen MR) is 97.7 cm³/mol. The van der Waals surface area contributed by atoms with Crippen molar-refractivity contribution in [2.24, 2.45) is 11.8 Å². The summed E-state index contributed by atoms with van der Waals surface area (Å²) in [5, 5.41) is 7.38. The smallest absolute Gasteiger partial charge is 0.274 e. The molecule has 7 nitrogen and oxygen atoms in total. The first kappa shape index (κ1) is 18.9. The van der Waals surface area contributed by atoms with E-state index in [0.29, 0.717) is 24.6 Å². The number of hydrogen-bond donors (Lipinski definition) is 1. The molecule has 1 N–H and O–H groups in total. The van der Waals surface area contributed by atoms with Crippen LogP contribution in [0.5, 0.6) is 0 Å². The second kappa shape index (κ2) is 9.16. The maximum atomic E-state index is 12.6. The van der Waals surface area contributed by atoms with Crippen LogP contribution in [0.15, 0.2) is 12.3 Å². The molecule has 3 heterocycles. The minimum absolute atomic E-state index is 0.0236. The molecule has 2 aliphatic rings. The molecule has 7 heteroatoms. The molecule has 2 amide bonds. The van der Waals surface area contributed by atoms with Gasteiger partial charge in [0.15, 0.2) is 0 Å². The summed E-state index contributed by atoms with van der Waals surface area (Å²) < 4.78 is 7.11. The molecule has 0 radical (unpaired) electrons. The molecule has 144 valence electrons. The Bertz CT molecular complexity index is 610. The number of carbonyl (C=O) groups is 2. The number of aromatic nitrogens is 2. The van der Waals surface area contributed by atoms with E-state index >= 15 is 0 Å². The van der Waals surface area contributed by atoms with Crippen LogP contribution in [0.2, 0.25) is 0 Å². The number of piperidine rings is 1. The van der Waals surface area contributed by atoms with Crippen molar-refractivity contribution in [3.05, 3.63) is 18.0 Å². The van der Waals surface area contributed by atoms with Crippen LogP contribution >= 0.6 is 0 Å². The zero-order valence-electron chi connectivity index (χ0n) is 15.7. The highest BCUT2D eigenvalue weighted by atomic mass is 16.5. The fourth-order valence-corrected chi connectivity index (χ4v) is 3.77. The van der Waals surface area contributed by atoms with Gasteiger partial charge in [-0.15, -0.1) is 0 Å². The Hall–Kier alpha value is -1.89. The third kappa shape index (κ3) is 5.06. The van der Waals surface area contributed by atoms with Crippen molar-refractivity contribution >= 4 is 11.8 Å². The molecule has 0 aromatic carbocycles. The highest BCUT2D eigenvalue weighted by Gasteiger charge is 2.27. The van der Waals surface area contributed by atoms with E-state index in [1.54, 1.807) is 10.7 Å². The first-order valence-corrected chi connectivity index (χ1v) is 9.83. The van der Waals surface area contributed by atoms with Gasteiger partial charge in [-0.2, -0.15) is 5.10 Å². The van der Waals surface area contributed by atoms with E-state index in [4.69, 9.17) is 4.74 Å². The topological polar surface area (TPSA) is 76.5 Å². The standard InChI is InChI=1S/C19H30N4O3/c1-2-23-9-5-17(21-23)19(25)22-8-3-4-16(14-22)12-18(24)20-13-15-6-10-26-11-7-15/h5,9,15-16H,2-4,6-8,10-14H2,1H3,(H,20,24)/t16-/m0/s1. The molecule has 0 unspecified atom stereocenters. The van der Waals surface area contributed by atoms with Gasteiger partial charge >= 0.3 is 0 Å². The monoisotopic (exact) mass is 362 g/mol. The van der Waals surface area contributed by atoms with E-state index in [2.05, 4.69) is 10.4 Å². The van der Waals surface area contributed by atoms with E-state index in [1.165, 1.54) is 0 Å². The third-order valence-corrected chi connectivity index (χ3v) is 5.39. The number of nitrogens with one attached hydrogen (secondary N) is 1. The lowest BCUT2D eigenvalue weighted by Gasteiger charge is -2.32. The number of aryl methyl sites for hydroxylation is 1. The van der Waals surface area contributed by atoms with E-state index in [1.807, 2.05) is 18.0 Å². The maximum absolute atomic E-state index is 12.6. The zero-order chi connectivity index (χ0) is 18.4. The summed E-state index contributed by atoms with van der Waals surface area (Å²) in [6, 6.07) is 1.77. The van der Waals surface area contributed by atoms with Crippen molar-refractivity contribution in [1.29, 1.82) is 0 Å². The van der Waals surface area contributed by atoms with Crippen molar-refractivity contribution in [3.63, 3.8) is 0 Å². The molecule has 2 fully saturated rings. The largest absolute Gasteiger partial charge is 0.381 e. The fourth-order valence-electron chi connectivity index (χ4n) is 3.77. The zero-order valence-corrected chi connectivity index (χ0v) is 15.7. The molecule has 1 aromatic heterocycles. The number of ether oxygens (including phenoxy) is 1. The molecule has 0 saturated carbocycles. The summed E-state index contributed by atoms with van der Waals surface area (Å²) in [7, 11) is 0. The van der Waals surface area contributed by atoms with E-state index in [0.717, 1.165) is 58.5 Å². The van der Waals surface area contributed by atoms with Gasteiger partial charge in [0.25, 0.3) is 5.91 Å². The Kier molecular flexibility index (Phi) is 6.66. The normalized spacial score (nSPS) is 21.6. The molecule has 0 bridgehead atoms. The van der Waals surface area contributed by atoms with Crippen molar-refractivity contribution in [2.75, 3.05) is 32.8 Å². The van der Waals surface area contributed by atoms with Gasteiger partial charge in [0.05, 0.1) is 0 Å². The predicted octanol–water partition coefficient (Wildman–Crippen LogP) is 1.69. The molecular formula is C19H30N4O3. The lowest BCUT2D eigenvalue weighted by molar-refractivity contribution is -0.122. The van der Waals surface area contributed by atoms with Gasteiger partial charge in [-0.1, -0.05) is 0 Å². The number of rotatable bonds is 6. The number of nitrogens with zero attached hydrogens (tertiary/aromatic N) is 3. The van der Waals surface area contributed by atoms with E-state index < -0.39 is 0 Å². The molecule has 26 heavy (non-hydrogen) atoms. The minimum Gasteiger partial charge on any atom is -0.381 e. The van der Waals surface area contributed by atoms with E-state index in [-0.39, 0.29) is 17.7 Å². The SMILES string of the molecule is CCn1ccc(C(=O)N2CCC[C@@H](CC(=O)NCC3CCOCC3)C2)n1. The second-order valence-electron chi connectivity index (χ2n) is 7.38. The first-order chi connectivity index (χ1) is 12.7. The Morgan fingerprint density at radius 2 is 2.08 bits per heavy atom. The van der Waals surface area contributed by atoms with Crippen LogP contribution in [0, 0.1) is 11.8 Å². The van der Waals surface area contributed by atoms with Crippen molar-refractivity contribution in [1.82, 2.24) is 20.0 Å². The van der Waals surface area contributed by atoms with Gasteiger partial charge in [0.2, 0.25) is 5.91 Å². The lowest BCUT2D eigenvalue weighted by atomic mass is 9.94. The Morgan fingerprint density at radius 1 is 1.27 bits per heavy atom. The maximum Gasteiger partial charge on any atom is 0.274 e. The Morgan fingerprint density at radius 3 is 2.81 bits per heavy atom. The highest BCUT2D eigenvalue weighted by molar-refractivity contribution is 5.92. The summed E-state index contributed by atoms with van der Waals surface area (Å²) in [4.78, 5) is 26.8. The molecule has 0 aliphatic carbocycles. The number of likely N-dealkylation sites (tertiary alicyclic amines) is 1. The average Bonchev–Trinajstić information content (AvgIpc) is 3.16. The highest BCUT2D eigenvalue weighted by Crippen LogP contribution is 2.21. The third-order valence-electron chi connectivity index (χ3n) is 5.39. The molecule has 3 rings (SSSR count). The minimum atomic E-state index is -0.0236. The molecular weight excluding hydrogens is 332 g/mol. The van der Waals surface area contributed by atoms with Gasteiger partial charge in [-0.25, -0.2) is 0 Å². The van der Waals surface area contributed by atoms with Gasteiger partial charge < -0.3 is 15.0 Å². The lowest BCUT2D eigenvalue weighted by Crippen LogP contribution is -2.42. The van der Waals surface area contributed by atoms with Crippen molar-refractivity contribution in [2.45, 2.75) is 45.6 Å². The van der Waals surface area contributed by atoms with Crippen LogP contribution in [0.4, 0.5) is 0 Å². The fraction of sp³-hybridized carbons (Fsp3) is 0.737. The van der Waals surface area contributed by atoms with Crippen LogP contribution in [0.3, 0.4) is 0 Å². The van der Waals surface area contributed by atoms with Crippen LogP contribution in [0.25, 0.3) is 0 Å². The van der Waals surface area contributed by atoms with Crippen molar-refractivity contribution in [3.8, 4) is 0 Å². The van der Waals surface area contributed by atoms with Crippen LogP contribution < -0.4 is 5.32 Å². The molecule has 1 atom stereocenters. The van der Waals surface area contributed by atoms with Gasteiger partial charge in [-0.05, 0) is 50.5 Å². The first-order valence-electron chi connectivity index (χ1n) is 9.83. The summed E-state index contributed by atoms with van der Waals surface area (Å²) in [6.45, 7) is 6.48. The Labute approximate surface area is 155 Å². The molecule has 1 aromatic rings. The number of carbonyl (C=O) groups excluding carboxylic acids is 2. The van der Waals surface area contributed by atoms with Crippen LogP contribution in [0.1, 0.15) is 49.5 Å². The number of amides is 2. The van der Waals surface area contributed by atoms with Gasteiger partial charge in [0, 0.05) is 52.0 Å². The van der Waals surface area contributed by atoms with Crippen molar-refractivity contribution < 1.29 is 14.3 Å². The summed E-state index contributed by atoms with van der Waals surface area (Å²) >= 11 is 0. The Balaban J connectivity index is 1.45. The van der Waals surface area contributed by atoms with Gasteiger partial charge in [-0.3, -0.25) is 14.3 Å². The average molecular weight is 362 g/mol. The number of hydrogen-bond acceptors (Lipinski definition) is 4. The van der Waals surface area contributed by atoms with Crippen LogP contribution in [-0.4, -0.2) is 59.3 Å². The van der Waals surface area contributed by atoms with E-state index in [9.17, 15) is 9.59 Å². The molecule has 2 saturated heterocycles. The van der Waals surface area contributed by atoms with Gasteiger partial charge in [0.1, 0.15) is 5.69 Å². The molecule has 0 spiro atoms. The quantitative estimate of drug-likeness (QED) is 0.835. The molecule has 2 aliphatic heterocycles. The summed E-state index contributed by atoms with van der Waals surface area (Å²) in [6.07, 6.45) is 6.32.